The van der Waals surface area contributed by atoms with Crippen molar-refractivity contribution in [3.8, 4) is 0 Å². The Hall–Kier alpha value is -1.42. The Morgan fingerprint density at radius 2 is 1.91 bits per heavy atom. The Kier molecular flexibility index (Phi) is 4.10. The molecule has 1 N–H and O–H groups in total. The number of hydrogen-bond acceptors (Lipinski definition) is 3. The molecule has 1 saturated heterocycles. The molecule has 0 aromatic heterocycles. The molecule has 1 heterocycles. The van der Waals surface area contributed by atoms with Gasteiger partial charge in [-0.05, 0) is 36.1 Å². The van der Waals surface area contributed by atoms with Crippen molar-refractivity contribution in [3.63, 3.8) is 0 Å². The highest BCUT2D eigenvalue weighted by Gasteiger charge is 2.43. The van der Waals surface area contributed by atoms with Crippen LogP contribution < -0.4 is 5.32 Å². The first kappa shape index (κ1) is 15.1. The predicted molar refractivity (Wildman–Crippen MR) is 92.4 cm³/mol. The molecule has 0 radical (unpaired) electrons. The van der Waals surface area contributed by atoms with Crippen molar-refractivity contribution >= 4 is 10.8 Å². The van der Waals surface area contributed by atoms with Crippen molar-refractivity contribution in [1.29, 1.82) is 0 Å². The summed E-state index contributed by atoms with van der Waals surface area (Å²) in [5, 5.41) is 6.25. The van der Waals surface area contributed by atoms with Gasteiger partial charge in [0, 0.05) is 25.4 Å². The van der Waals surface area contributed by atoms with Crippen molar-refractivity contribution in [2.75, 3.05) is 13.2 Å². The van der Waals surface area contributed by atoms with E-state index in [1.807, 2.05) is 0 Å². The molecule has 3 heteroatoms. The third-order valence-corrected chi connectivity index (χ3v) is 5.22. The molecule has 4 rings (SSSR count). The topological polar surface area (TPSA) is 30.5 Å². The van der Waals surface area contributed by atoms with Crippen LogP contribution in [0, 0.1) is 0 Å². The van der Waals surface area contributed by atoms with Crippen LogP contribution >= 0.6 is 0 Å². The van der Waals surface area contributed by atoms with E-state index in [-0.39, 0.29) is 11.9 Å². The van der Waals surface area contributed by atoms with Gasteiger partial charge in [-0.25, -0.2) is 0 Å². The highest BCUT2D eigenvalue weighted by atomic mass is 16.7. The van der Waals surface area contributed by atoms with Crippen LogP contribution in [-0.2, 0) is 9.47 Å². The van der Waals surface area contributed by atoms with E-state index in [0.29, 0.717) is 6.04 Å². The lowest BCUT2D eigenvalue weighted by Crippen LogP contribution is -2.33. The minimum Gasteiger partial charge on any atom is -0.347 e. The van der Waals surface area contributed by atoms with Gasteiger partial charge in [0.15, 0.2) is 5.79 Å². The summed E-state index contributed by atoms with van der Waals surface area (Å²) in [5.41, 5.74) is 1.34. The van der Waals surface area contributed by atoms with Crippen LogP contribution in [0.15, 0.2) is 42.5 Å². The lowest BCUT2D eigenvalue weighted by Gasteiger charge is -2.23. The molecular formula is C20H25NO2. The molecule has 1 saturated carbocycles. The van der Waals surface area contributed by atoms with Gasteiger partial charge < -0.3 is 14.8 Å². The second-order valence-electron chi connectivity index (χ2n) is 6.87. The second kappa shape index (κ2) is 6.23. The summed E-state index contributed by atoms with van der Waals surface area (Å²) in [6, 6.07) is 15.4. The highest BCUT2D eigenvalue weighted by Crippen LogP contribution is 2.39. The fraction of sp³-hybridized carbons (Fsp3) is 0.500. The first-order valence-corrected chi connectivity index (χ1v) is 8.79. The number of benzene rings is 2. The molecule has 2 aromatic carbocycles. The van der Waals surface area contributed by atoms with E-state index in [0.717, 1.165) is 26.0 Å². The summed E-state index contributed by atoms with van der Waals surface area (Å²) in [6.45, 7) is 3.78. The van der Waals surface area contributed by atoms with Gasteiger partial charge in [0.2, 0.25) is 0 Å². The molecule has 2 aromatic rings. The highest BCUT2D eigenvalue weighted by molar-refractivity contribution is 5.86. The van der Waals surface area contributed by atoms with Crippen molar-refractivity contribution in [3.05, 3.63) is 48.0 Å². The first-order valence-electron chi connectivity index (χ1n) is 8.79. The van der Waals surface area contributed by atoms with Crippen LogP contribution in [0.2, 0.25) is 0 Å². The normalized spacial score (nSPS) is 24.5. The molecule has 1 aliphatic heterocycles. The van der Waals surface area contributed by atoms with E-state index in [2.05, 4.69) is 54.7 Å². The molecule has 0 bridgehead atoms. The summed E-state index contributed by atoms with van der Waals surface area (Å²) in [5.74, 6) is -0.255. The smallest absolute Gasteiger partial charge is 0.168 e. The number of fused-ring (bicyclic) bond motifs is 1. The third kappa shape index (κ3) is 3.01. The number of rotatable bonds is 4. The molecule has 2 atom stereocenters. The number of ether oxygens (including phenoxy) is 2. The van der Waals surface area contributed by atoms with E-state index in [9.17, 15) is 0 Å². The molecule has 0 unspecified atom stereocenters. The average molecular weight is 311 g/mol. The number of nitrogens with one attached hydrogen (secondary N) is 1. The van der Waals surface area contributed by atoms with E-state index >= 15 is 0 Å². The van der Waals surface area contributed by atoms with E-state index in [4.69, 9.17) is 9.47 Å². The Bertz CT molecular complexity index is 673. The van der Waals surface area contributed by atoms with Crippen LogP contribution in [0.5, 0.6) is 0 Å². The van der Waals surface area contributed by atoms with Crippen molar-refractivity contribution < 1.29 is 9.47 Å². The lowest BCUT2D eigenvalue weighted by atomic mass is 9.99. The molecule has 122 valence electrons. The Labute approximate surface area is 138 Å². The van der Waals surface area contributed by atoms with E-state index in [1.165, 1.54) is 29.2 Å². The van der Waals surface area contributed by atoms with Gasteiger partial charge in [0.1, 0.15) is 0 Å². The third-order valence-electron chi connectivity index (χ3n) is 5.22. The maximum absolute atomic E-state index is 6.20. The van der Waals surface area contributed by atoms with Gasteiger partial charge in [0.25, 0.3) is 0 Å². The summed E-state index contributed by atoms with van der Waals surface area (Å²) in [6.07, 6.45) is 4.75. The van der Waals surface area contributed by atoms with Gasteiger partial charge >= 0.3 is 0 Å². The molecule has 1 aliphatic carbocycles. The monoisotopic (exact) mass is 311 g/mol. The quantitative estimate of drug-likeness (QED) is 0.919. The zero-order valence-corrected chi connectivity index (χ0v) is 13.8. The van der Waals surface area contributed by atoms with Crippen LogP contribution in [0.25, 0.3) is 10.8 Å². The second-order valence-corrected chi connectivity index (χ2v) is 6.87. The van der Waals surface area contributed by atoms with Crippen LogP contribution in [0.1, 0.15) is 44.2 Å². The van der Waals surface area contributed by atoms with Gasteiger partial charge in [-0.1, -0.05) is 42.5 Å². The summed E-state index contributed by atoms with van der Waals surface area (Å²) in [7, 11) is 0. The summed E-state index contributed by atoms with van der Waals surface area (Å²) in [4.78, 5) is 0. The summed E-state index contributed by atoms with van der Waals surface area (Å²) >= 11 is 0. The molecule has 3 nitrogen and oxygen atoms in total. The van der Waals surface area contributed by atoms with Crippen molar-refractivity contribution in [2.45, 2.75) is 50.5 Å². The average Bonchev–Trinajstić information content (AvgIpc) is 3.22. The standard InChI is InChI=1S/C20H25NO2/c1-15(18-10-6-8-16-7-2-3-9-19(16)18)21-13-17-14-22-20(23-17)11-4-5-12-20/h2-3,6-10,15,17,21H,4-5,11-14H2,1H3/t15-,17-/m0/s1. The molecule has 1 spiro atoms. The molecule has 23 heavy (non-hydrogen) atoms. The van der Waals surface area contributed by atoms with Gasteiger partial charge in [-0.2, -0.15) is 0 Å². The SMILES string of the molecule is C[C@H](NC[C@H]1COC2(CCCC2)O1)c1cccc2ccccc12. The molecule has 0 amide bonds. The minimum atomic E-state index is -0.255. The van der Waals surface area contributed by atoms with Crippen molar-refractivity contribution in [1.82, 2.24) is 5.32 Å². The largest absolute Gasteiger partial charge is 0.347 e. The summed E-state index contributed by atoms with van der Waals surface area (Å²) < 4.78 is 12.2. The molecular weight excluding hydrogens is 286 g/mol. The number of hydrogen-bond donors (Lipinski definition) is 1. The van der Waals surface area contributed by atoms with Crippen LogP contribution in [-0.4, -0.2) is 25.0 Å². The maximum atomic E-state index is 6.20. The minimum absolute atomic E-state index is 0.172. The van der Waals surface area contributed by atoms with Gasteiger partial charge in [-0.3, -0.25) is 0 Å². The fourth-order valence-electron chi connectivity index (χ4n) is 3.94. The van der Waals surface area contributed by atoms with Crippen LogP contribution in [0.4, 0.5) is 0 Å². The Balaban J connectivity index is 1.41. The lowest BCUT2D eigenvalue weighted by molar-refractivity contribution is -0.161. The Morgan fingerprint density at radius 1 is 1.13 bits per heavy atom. The predicted octanol–water partition coefficient (Wildman–Crippen LogP) is 4.18. The molecule has 2 fully saturated rings. The Morgan fingerprint density at radius 3 is 2.78 bits per heavy atom. The maximum Gasteiger partial charge on any atom is 0.168 e. The van der Waals surface area contributed by atoms with Gasteiger partial charge in [0.05, 0.1) is 12.7 Å². The van der Waals surface area contributed by atoms with E-state index in [1.54, 1.807) is 0 Å². The van der Waals surface area contributed by atoms with Crippen molar-refractivity contribution in [2.24, 2.45) is 0 Å². The zero-order chi connectivity index (χ0) is 15.7. The molecule has 2 aliphatic rings. The fourth-order valence-corrected chi connectivity index (χ4v) is 3.94. The van der Waals surface area contributed by atoms with E-state index < -0.39 is 0 Å². The van der Waals surface area contributed by atoms with Crippen LogP contribution in [0.3, 0.4) is 0 Å². The first-order chi connectivity index (χ1) is 11.3. The zero-order valence-electron chi connectivity index (χ0n) is 13.8. The van der Waals surface area contributed by atoms with Gasteiger partial charge in [-0.15, -0.1) is 0 Å².